The highest BCUT2D eigenvalue weighted by atomic mass is 35.5. The standard InChI is InChI=1S/C14H12ClF3N2O3S2/c15-5-12(21)19-13-20(10-6-25(22,23)7-11(10)24-13)9-4-2-1-3-8(9)14(16,17)18/h1-4,10-11H,5-7H2/t10-,11+/m0/s1. The van der Waals surface area contributed by atoms with Crippen LogP contribution in [0.3, 0.4) is 0 Å². The van der Waals surface area contributed by atoms with Gasteiger partial charge in [0.15, 0.2) is 15.0 Å². The molecule has 2 saturated heterocycles. The molecule has 3 rings (SSSR count). The number of anilines is 1. The van der Waals surface area contributed by atoms with Crippen molar-refractivity contribution in [2.75, 3.05) is 22.3 Å². The number of carbonyl (C=O) groups excluding carboxylic acids is 1. The number of carbonyl (C=O) groups is 1. The fraction of sp³-hybridized carbons (Fsp3) is 0.429. The predicted molar refractivity (Wildman–Crippen MR) is 90.9 cm³/mol. The Morgan fingerprint density at radius 2 is 2.00 bits per heavy atom. The van der Waals surface area contributed by atoms with Crippen LogP contribution in [0.1, 0.15) is 5.56 Å². The Bertz CT molecular complexity index is 842. The number of hydrogen-bond acceptors (Lipinski definition) is 4. The van der Waals surface area contributed by atoms with Crippen LogP contribution < -0.4 is 4.90 Å². The van der Waals surface area contributed by atoms with Gasteiger partial charge in [0.2, 0.25) is 0 Å². The molecule has 2 heterocycles. The van der Waals surface area contributed by atoms with E-state index < -0.39 is 44.7 Å². The lowest BCUT2D eigenvalue weighted by Gasteiger charge is -2.27. The SMILES string of the molecule is O=C(CCl)N=C1S[C@@H]2CS(=O)(=O)C[C@@H]2N1c1ccccc1C(F)(F)F. The zero-order valence-electron chi connectivity index (χ0n) is 12.5. The van der Waals surface area contributed by atoms with Gasteiger partial charge in [-0.05, 0) is 12.1 Å². The Balaban J connectivity index is 2.12. The number of alkyl halides is 4. The number of sulfone groups is 1. The number of rotatable bonds is 2. The molecule has 2 aliphatic rings. The molecule has 2 atom stereocenters. The lowest BCUT2D eigenvalue weighted by molar-refractivity contribution is -0.137. The summed E-state index contributed by atoms with van der Waals surface area (Å²) in [6.45, 7) is 0. The van der Waals surface area contributed by atoms with E-state index in [4.69, 9.17) is 11.6 Å². The van der Waals surface area contributed by atoms with E-state index in [0.717, 1.165) is 17.8 Å². The van der Waals surface area contributed by atoms with Gasteiger partial charge < -0.3 is 4.90 Å². The minimum atomic E-state index is -4.63. The van der Waals surface area contributed by atoms with Gasteiger partial charge in [-0.25, -0.2) is 8.42 Å². The number of thioether (sulfide) groups is 1. The lowest BCUT2D eigenvalue weighted by Crippen LogP contribution is -2.39. The maximum atomic E-state index is 13.4. The first kappa shape index (κ1) is 18.5. The molecule has 25 heavy (non-hydrogen) atoms. The minimum Gasteiger partial charge on any atom is -0.315 e. The first-order chi connectivity index (χ1) is 11.6. The molecule has 0 N–H and O–H groups in total. The zero-order chi connectivity index (χ0) is 18.4. The molecule has 1 amide bonds. The highest BCUT2D eigenvalue weighted by Crippen LogP contribution is 2.45. The topological polar surface area (TPSA) is 66.8 Å². The number of aliphatic imine (C=N–C) groups is 1. The van der Waals surface area contributed by atoms with Crippen molar-refractivity contribution >= 4 is 50.0 Å². The Morgan fingerprint density at radius 3 is 2.64 bits per heavy atom. The summed E-state index contributed by atoms with van der Waals surface area (Å²) >= 11 is 6.43. The molecular formula is C14H12ClF3N2O3S2. The second-order valence-electron chi connectivity index (χ2n) is 5.61. The number of hydrogen-bond donors (Lipinski definition) is 0. The summed E-state index contributed by atoms with van der Waals surface area (Å²) in [5.74, 6) is -1.56. The average Bonchev–Trinajstić information content (AvgIpc) is 2.97. The van der Waals surface area contributed by atoms with Crippen LogP contribution in [0.2, 0.25) is 0 Å². The van der Waals surface area contributed by atoms with Gasteiger partial charge in [-0.15, -0.1) is 11.6 Å². The molecule has 0 aliphatic carbocycles. The molecule has 0 unspecified atom stereocenters. The summed E-state index contributed by atoms with van der Waals surface area (Å²) < 4.78 is 63.9. The Kier molecular flexibility index (Phi) is 4.80. The minimum absolute atomic E-state index is 0.0484. The molecule has 0 radical (unpaired) electrons. The third-order valence-corrected chi connectivity index (χ3v) is 7.31. The third-order valence-electron chi connectivity index (χ3n) is 3.87. The predicted octanol–water partition coefficient (Wildman–Crippen LogP) is 2.55. The summed E-state index contributed by atoms with van der Waals surface area (Å²) in [6, 6.07) is 4.13. The first-order valence-electron chi connectivity index (χ1n) is 7.12. The zero-order valence-corrected chi connectivity index (χ0v) is 14.9. The van der Waals surface area contributed by atoms with Gasteiger partial charge in [0.25, 0.3) is 5.91 Å². The number of nitrogens with zero attached hydrogens (tertiary/aromatic N) is 2. The summed E-state index contributed by atoms with van der Waals surface area (Å²) in [7, 11) is -3.36. The summed E-state index contributed by atoms with van der Waals surface area (Å²) in [5.41, 5.74) is -1.13. The Labute approximate surface area is 151 Å². The first-order valence-corrected chi connectivity index (χ1v) is 10.4. The van der Waals surface area contributed by atoms with E-state index in [-0.39, 0.29) is 22.4 Å². The Morgan fingerprint density at radius 1 is 1.32 bits per heavy atom. The smallest absolute Gasteiger partial charge is 0.315 e. The van der Waals surface area contributed by atoms with Crippen molar-refractivity contribution in [3.8, 4) is 0 Å². The van der Waals surface area contributed by atoms with Crippen LogP contribution in [0.25, 0.3) is 0 Å². The van der Waals surface area contributed by atoms with Crippen LogP contribution in [0.5, 0.6) is 0 Å². The highest BCUT2D eigenvalue weighted by molar-refractivity contribution is 8.16. The van der Waals surface area contributed by atoms with Gasteiger partial charge in [0.1, 0.15) is 5.88 Å². The number of amides is 1. The van der Waals surface area contributed by atoms with Crippen molar-refractivity contribution in [3.63, 3.8) is 0 Å². The van der Waals surface area contributed by atoms with Gasteiger partial charge in [-0.3, -0.25) is 4.79 Å². The van der Waals surface area contributed by atoms with Gasteiger partial charge in [0.05, 0.1) is 28.8 Å². The maximum Gasteiger partial charge on any atom is 0.418 e. The van der Waals surface area contributed by atoms with Crippen LogP contribution in [0, 0.1) is 0 Å². The van der Waals surface area contributed by atoms with Crippen molar-refractivity contribution in [1.82, 2.24) is 0 Å². The number of amidine groups is 1. The molecule has 0 saturated carbocycles. The van der Waals surface area contributed by atoms with Crippen LogP contribution in [-0.2, 0) is 20.8 Å². The quantitative estimate of drug-likeness (QED) is 0.698. The van der Waals surface area contributed by atoms with E-state index in [1.54, 1.807) is 0 Å². The molecule has 5 nitrogen and oxygen atoms in total. The molecule has 136 valence electrons. The summed E-state index contributed by atoms with van der Waals surface area (Å²) in [5, 5.41) is -0.430. The summed E-state index contributed by atoms with van der Waals surface area (Å²) in [6.07, 6.45) is -4.63. The molecule has 1 aromatic carbocycles. The number of para-hydroxylation sites is 1. The molecule has 0 bridgehead atoms. The van der Waals surface area contributed by atoms with Gasteiger partial charge in [-0.2, -0.15) is 18.2 Å². The third kappa shape index (κ3) is 3.65. The van der Waals surface area contributed by atoms with Crippen LogP contribution in [0.4, 0.5) is 18.9 Å². The summed E-state index contributed by atoms with van der Waals surface area (Å²) in [4.78, 5) is 16.6. The molecule has 1 aromatic rings. The van der Waals surface area contributed by atoms with E-state index in [9.17, 15) is 26.4 Å². The van der Waals surface area contributed by atoms with E-state index in [2.05, 4.69) is 4.99 Å². The molecule has 11 heteroatoms. The monoisotopic (exact) mass is 412 g/mol. The van der Waals surface area contributed by atoms with E-state index in [1.807, 2.05) is 0 Å². The van der Waals surface area contributed by atoms with Gasteiger partial charge in [0, 0.05) is 5.25 Å². The fourth-order valence-corrected chi connectivity index (χ4v) is 6.89. The van der Waals surface area contributed by atoms with Crippen molar-refractivity contribution in [2.45, 2.75) is 17.5 Å². The number of benzene rings is 1. The van der Waals surface area contributed by atoms with Crippen LogP contribution in [-0.4, -0.2) is 48.2 Å². The van der Waals surface area contributed by atoms with Crippen molar-refractivity contribution in [1.29, 1.82) is 0 Å². The second-order valence-corrected chi connectivity index (χ2v) is 9.23. The van der Waals surface area contributed by atoms with E-state index in [1.165, 1.54) is 23.1 Å². The molecule has 2 aliphatic heterocycles. The molecule has 0 spiro atoms. The van der Waals surface area contributed by atoms with Crippen LogP contribution in [0.15, 0.2) is 29.3 Å². The normalized spacial score (nSPS) is 26.9. The number of halogens is 4. The highest BCUT2D eigenvalue weighted by Gasteiger charge is 2.51. The molecule has 0 aromatic heterocycles. The fourth-order valence-electron chi connectivity index (χ4n) is 2.91. The van der Waals surface area contributed by atoms with Crippen LogP contribution >= 0.6 is 23.4 Å². The van der Waals surface area contributed by atoms with Gasteiger partial charge in [-0.1, -0.05) is 23.9 Å². The molecule has 2 fully saturated rings. The number of fused-ring (bicyclic) bond motifs is 1. The maximum absolute atomic E-state index is 13.4. The van der Waals surface area contributed by atoms with E-state index in [0.29, 0.717) is 0 Å². The van der Waals surface area contributed by atoms with Gasteiger partial charge >= 0.3 is 6.18 Å². The average molecular weight is 413 g/mol. The van der Waals surface area contributed by atoms with Crippen molar-refractivity contribution in [3.05, 3.63) is 29.8 Å². The second kappa shape index (κ2) is 6.48. The van der Waals surface area contributed by atoms with Crippen molar-refractivity contribution < 1.29 is 26.4 Å². The Hall–Kier alpha value is -1.26. The van der Waals surface area contributed by atoms with E-state index >= 15 is 0 Å². The van der Waals surface area contributed by atoms with Crippen molar-refractivity contribution in [2.24, 2.45) is 4.99 Å². The molecular weight excluding hydrogens is 401 g/mol. The lowest BCUT2D eigenvalue weighted by atomic mass is 10.1. The largest absolute Gasteiger partial charge is 0.418 e.